The van der Waals surface area contributed by atoms with Crippen LogP contribution in [0.2, 0.25) is 0 Å². The van der Waals surface area contributed by atoms with Crippen LogP contribution < -0.4 is 0 Å². The fourth-order valence-corrected chi connectivity index (χ4v) is 3.94. The molecule has 3 heteroatoms. The quantitative estimate of drug-likeness (QED) is 0.836. The van der Waals surface area contributed by atoms with E-state index in [9.17, 15) is 9.90 Å². The monoisotopic (exact) mass is 253 g/mol. The first-order valence-electron chi connectivity index (χ1n) is 7.51. The Kier molecular flexibility index (Phi) is 4.31. The van der Waals surface area contributed by atoms with Gasteiger partial charge in [0.05, 0.1) is 12.6 Å². The van der Waals surface area contributed by atoms with E-state index in [1.54, 1.807) is 0 Å². The Bertz CT molecular complexity index is 295. The summed E-state index contributed by atoms with van der Waals surface area (Å²) in [5.74, 6) is 0.910. The second-order valence-electron chi connectivity index (χ2n) is 6.56. The predicted molar refractivity (Wildman–Crippen MR) is 72.2 cm³/mol. The van der Waals surface area contributed by atoms with Crippen molar-refractivity contribution < 1.29 is 9.90 Å². The van der Waals surface area contributed by atoms with Crippen LogP contribution in [0.15, 0.2) is 0 Å². The normalized spacial score (nSPS) is 27.1. The minimum atomic E-state index is -0.105. The van der Waals surface area contributed by atoms with Gasteiger partial charge in [-0.2, -0.15) is 0 Å². The first kappa shape index (κ1) is 13.9. The summed E-state index contributed by atoms with van der Waals surface area (Å²) in [5.41, 5.74) is -0.105. The second kappa shape index (κ2) is 5.60. The van der Waals surface area contributed by atoms with Crippen LogP contribution in [0, 0.1) is 11.3 Å². The van der Waals surface area contributed by atoms with E-state index in [1.807, 2.05) is 4.90 Å². The summed E-state index contributed by atoms with van der Waals surface area (Å²) in [4.78, 5) is 14.9. The van der Waals surface area contributed by atoms with E-state index in [-0.39, 0.29) is 18.1 Å². The van der Waals surface area contributed by atoms with Gasteiger partial charge in [0, 0.05) is 12.0 Å². The Balaban J connectivity index is 2.13. The zero-order valence-corrected chi connectivity index (χ0v) is 11.8. The molecule has 1 heterocycles. The minimum absolute atomic E-state index is 0.0853. The molecule has 2 aliphatic rings. The number of rotatable bonds is 4. The van der Waals surface area contributed by atoms with Crippen LogP contribution in [0.4, 0.5) is 0 Å². The molecule has 104 valence electrons. The van der Waals surface area contributed by atoms with Gasteiger partial charge in [-0.3, -0.25) is 4.79 Å². The highest BCUT2D eigenvalue weighted by Crippen LogP contribution is 2.45. The van der Waals surface area contributed by atoms with Gasteiger partial charge in [0.1, 0.15) is 0 Å². The van der Waals surface area contributed by atoms with Crippen LogP contribution in [0.3, 0.4) is 0 Å². The van der Waals surface area contributed by atoms with Crippen LogP contribution in [0.25, 0.3) is 0 Å². The lowest BCUT2D eigenvalue weighted by Gasteiger charge is -2.36. The summed E-state index contributed by atoms with van der Waals surface area (Å²) in [7, 11) is 0. The lowest BCUT2D eigenvalue weighted by atomic mass is 9.77. The van der Waals surface area contributed by atoms with Gasteiger partial charge in [-0.1, -0.05) is 26.7 Å². The summed E-state index contributed by atoms with van der Waals surface area (Å²) < 4.78 is 0. The number of likely N-dealkylation sites (tertiary alicyclic amines) is 1. The summed E-state index contributed by atoms with van der Waals surface area (Å²) >= 11 is 0. The Labute approximate surface area is 111 Å². The van der Waals surface area contributed by atoms with Gasteiger partial charge < -0.3 is 10.0 Å². The number of carbonyl (C=O) groups excluding carboxylic acids is 1. The predicted octanol–water partition coefficient (Wildman–Crippen LogP) is 2.58. The van der Waals surface area contributed by atoms with Crippen molar-refractivity contribution in [2.75, 3.05) is 13.2 Å². The smallest absolute Gasteiger partial charge is 0.229 e. The van der Waals surface area contributed by atoms with Crippen LogP contribution in [0.1, 0.15) is 58.8 Å². The first-order chi connectivity index (χ1) is 8.59. The molecule has 1 aliphatic heterocycles. The Morgan fingerprint density at radius 2 is 2.00 bits per heavy atom. The molecule has 2 fully saturated rings. The van der Waals surface area contributed by atoms with E-state index in [0.717, 1.165) is 38.6 Å². The highest BCUT2D eigenvalue weighted by molar-refractivity contribution is 5.83. The maximum Gasteiger partial charge on any atom is 0.229 e. The lowest BCUT2D eigenvalue weighted by molar-refractivity contribution is -0.144. The molecule has 0 bridgehead atoms. The highest BCUT2D eigenvalue weighted by Gasteiger charge is 2.45. The number of hydrogen-bond donors (Lipinski definition) is 1. The standard InChI is InChI=1S/C15H27NO2/c1-12(2)10-15(7-3-4-8-15)14(18)16-9-5-6-13(16)11-17/h12-13,17H,3-11H2,1-2H3. The fraction of sp³-hybridized carbons (Fsp3) is 0.933. The van der Waals surface area contributed by atoms with Gasteiger partial charge in [-0.25, -0.2) is 0 Å². The van der Waals surface area contributed by atoms with E-state index >= 15 is 0 Å². The third-order valence-electron chi connectivity index (χ3n) is 4.66. The van der Waals surface area contributed by atoms with Gasteiger partial charge >= 0.3 is 0 Å². The SMILES string of the molecule is CC(C)CC1(C(=O)N2CCCC2CO)CCCC1. The van der Waals surface area contributed by atoms with E-state index < -0.39 is 0 Å². The van der Waals surface area contributed by atoms with Crippen molar-refractivity contribution in [3.8, 4) is 0 Å². The van der Waals surface area contributed by atoms with E-state index in [2.05, 4.69) is 13.8 Å². The highest BCUT2D eigenvalue weighted by atomic mass is 16.3. The molecule has 0 aromatic rings. The van der Waals surface area contributed by atoms with Crippen molar-refractivity contribution in [3.63, 3.8) is 0 Å². The van der Waals surface area contributed by atoms with Crippen molar-refractivity contribution in [2.24, 2.45) is 11.3 Å². The van der Waals surface area contributed by atoms with Gasteiger partial charge in [0.2, 0.25) is 5.91 Å². The van der Waals surface area contributed by atoms with Crippen molar-refractivity contribution in [3.05, 3.63) is 0 Å². The molecule has 1 aliphatic carbocycles. The van der Waals surface area contributed by atoms with Crippen LogP contribution in [-0.2, 0) is 4.79 Å². The number of aliphatic hydroxyl groups is 1. The number of amides is 1. The third-order valence-corrected chi connectivity index (χ3v) is 4.66. The maximum atomic E-state index is 12.9. The summed E-state index contributed by atoms with van der Waals surface area (Å²) in [5, 5.41) is 9.40. The molecule has 18 heavy (non-hydrogen) atoms. The number of aliphatic hydroxyl groups excluding tert-OH is 1. The maximum absolute atomic E-state index is 12.9. The first-order valence-corrected chi connectivity index (χ1v) is 7.51. The fourth-order valence-electron chi connectivity index (χ4n) is 3.94. The summed E-state index contributed by atoms with van der Waals surface area (Å²) in [6.07, 6.45) is 7.53. The number of carbonyl (C=O) groups is 1. The van der Waals surface area contributed by atoms with Crippen molar-refractivity contribution in [2.45, 2.75) is 64.8 Å². The zero-order chi connectivity index (χ0) is 13.2. The van der Waals surface area contributed by atoms with Crippen LogP contribution in [-0.4, -0.2) is 35.1 Å². The molecule has 0 aromatic carbocycles. The Hall–Kier alpha value is -0.570. The molecule has 0 spiro atoms. The molecule has 2 rings (SSSR count). The largest absolute Gasteiger partial charge is 0.394 e. The molecule has 0 aromatic heterocycles. The molecule has 1 amide bonds. The zero-order valence-electron chi connectivity index (χ0n) is 11.8. The molecule has 1 saturated heterocycles. The van der Waals surface area contributed by atoms with Gasteiger partial charge in [0.25, 0.3) is 0 Å². The Morgan fingerprint density at radius 1 is 1.33 bits per heavy atom. The van der Waals surface area contributed by atoms with E-state index in [0.29, 0.717) is 11.8 Å². The second-order valence-corrected chi connectivity index (χ2v) is 6.56. The molecule has 1 atom stereocenters. The average molecular weight is 253 g/mol. The van der Waals surface area contributed by atoms with Gasteiger partial charge in [-0.05, 0) is 38.0 Å². The van der Waals surface area contributed by atoms with E-state index in [4.69, 9.17) is 0 Å². The topological polar surface area (TPSA) is 40.5 Å². The molecule has 1 N–H and O–H groups in total. The molecular weight excluding hydrogens is 226 g/mol. The van der Waals surface area contributed by atoms with Crippen molar-refractivity contribution in [1.29, 1.82) is 0 Å². The number of nitrogens with zero attached hydrogens (tertiary/aromatic N) is 1. The Morgan fingerprint density at radius 3 is 2.56 bits per heavy atom. The van der Waals surface area contributed by atoms with Crippen molar-refractivity contribution >= 4 is 5.91 Å². The lowest BCUT2D eigenvalue weighted by Crippen LogP contribution is -2.46. The van der Waals surface area contributed by atoms with Gasteiger partial charge in [0.15, 0.2) is 0 Å². The summed E-state index contributed by atoms with van der Waals surface area (Å²) in [6.45, 7) is 5.40. The van der Waals surface area contributed by atoms with Crippen LogP contribution >= 0.6 is 0 Å². The average Bonchev–Trinajstić information content (AvgIpc) is 2.95. The van der Waals surface area contributed by atoms with Crippen molar-refractivity contribution in [1.82, 2.24) is 4.90 Å². The minimum Gasteiger partial charge on any atom is -0.394 e. The molecule has 1 saturated carbocycles. The van der Waals surface area contributed by atoms with E-state index in [1.165, 1.54) is 12.8 Å². The summed E-state index contributed by atoms with van der Waals surface area (Å²) in [6, 6.07) is 0.0853. The third kappa shape index (κ3) is 2.56. The number of hydrogen-bond acceptors (Lipinski definition) is 2. The van der Waals surface area contributed by atoms with Crippen LogP contribution in [0.5, 0.6) is 0 Å². The molecule has 0 radical (unpaired) electrons. The molecular formula is C15H27NO2. The molecule has 3 nitrogen and oxygen atoms in total. The molecule has 1 unspecified atom stereocenters. The van der Waals surface area contributed by atoms with Gasteiger partial charge in [-0.15, -0.1) is 0 Å².